The number of aromatic nitrogens is 1. The van der Waals surface area contributed by atoms with Crippen molar-refractivity contribution in [3.8, 4) is 0 Å². The third-order valence-electron chi connectivity index (χ3n) is 0.792. The Hall–Kier alpha value is -1.19. The molecule has 0 aliphatic rings. The average molecular weight is 123 g/mol. The van der Waals surface area contributed by atoms with Crippen molar-refractivity contribution in [2.24, 2.45) is 0 Å². The zero-order chi connectivity index (χ0) is 5.98. The number of hydrogen-bond acceptors (Lipinski definition) is 3. The molecule has 0 atom stereocenters. The van der Waals surface area contributed by atoms with E-state index in [1.165, 1.54) is 0 Å². The third-order valence-corrected chi connectivity index (χ3v) is 0.792. The summed E-state index contributed by atoms with van der Waals surface area (Å²) >= 11 is 0. The Morgan fingerprint density at radius 3 is 1.78 bits per heavy atom. The number of nitrogens with two attached hydrogens (primary N) is 2. The lowest BCUT2D eigenvalue weighted by Gasteiger charge is -1.90. The van der Waals surface area contributed by atoms with Gasteiger partial charge in [-0.25, -0.2) is 4.98 Å². The van der Waals surface area contributed by atoms with Gasteiger partial charge in [0.1, 0.15) is 11.6 Å². The average Bonchev–Trinajstić information content (AvgIpc) is 1.64. The van der Waals surface area contributed by atoms with Gasteiger partial charge in [0, 0.05) is 0 Å². The summed E-state index contributed by atoms with van der Waals surface area (Å²) in [7, 11) is 0. The van der Waals surface area contributed by atoms with Crippen LogP contribution >= 0.6 is 0 Å². The molecule has 1 rings (SSSR count). The predicted molar refractivity (Wildman–Crippen MR) is 43.0 cm³/mol. The Labute approximate surface area is 55.7 Å². The monoisotopic (exact) mass is 123 g/mol. The molecular weight excluding hydrogens is 113 g/mol. The quantitative estimate of drug-likeness (QED) is 0.437. The summed E-state index contributed by atoms with van der Waals surface area (Å²) in [5, 5.41) is 0. The lowest BCUT2D eigenvalue weighted by atomic mass is 10.4. The fourth-order valence-corrected chi connectivity index (χ4v) is 0.469. The molecule has 48 valence electrons. The van der Waals surface area contributed by atoms with Crippen molar-refractivity contribution in [2.45, 2.75) is 0 Å². The molecule has 4 heteroatoms. The van der Waals surface area contributed by atoms with Crippen molar-refractivity contribution in [3.05, 3.63) is 18.2 Å². The van der Waals surface area contributed by atoms with Gasteiger partial charge in [0.15, 0.2) is 0 Å². The van der Waals surface area contributed by atoms with Crippen molar-refractivity contribution in [2.75, 3.05) is 11.5 Å². The number of nitrogen functional groups attached to an aromatic ring is 2. The lowest BCUT2D eigenvalue weighted by molar-refractivity contribution is 1.34. The van der Waals surface area contributed by atoms with Gasteiger partial charge in [0.2, 0.25) is 0 Å². The fourth-order valence-electron chi connectivity index (χ4n) is 0.469. The Kier molecular flexibility index (Phi) is 2.58. The van der Waals surface area contributed by atoms with Gasteiger partial charge in [-0.05, 0) is 12.1 Å². The van der Waals surface area contributed by atoms with E-state index < -0.39 is 0 Å². The van der Waals surface area contributed by atoms with Crippen LogP contribution < -0.4 is 11.5 Å². The number of anilines is 2. The van der Waals surface area contributed by atoms with E-state index in [1.54, 1.807) is 18.2 Å². The lowest BCUT2D eigenvalue weighted by Crippen LogP contribution is -1.93. The molecule has 4 N–H and O–H groups in total. The highest BCUT2D eigenvalue weighted by Crippen LogP contribution is 1.99. The molecule has 0 aliphatic heterocycles. The van der Waals surface area contributed by atoms with E-state index in [0.29, 0.717) is 11.6 Å². The predicted octanol–water partition coefficient (Wildman–Crippen LogP) is -0.938. The van der Waals surface area contributed by atoms with Crippen LogP contribution in [0.1, 0.15) is 0 Å². The zero-order valence-corrected chi connectivity index (χ0v) is 4.33. The summed E-state index contributed by atoms with van der Waals surface area (Å²) < 4.78 is 0. The number of nitrogens with zero attached hydrogens (tertiary/aromatic N) is 1. The van der Waals surface area contributed by atoms with Gasteiger partial charge < -0.3 is 11.5 Å². The number of hydrogen-bond donors (Lipinski definition) is 2. The molecule has 0 fully saturated rings. The summed E-state index contributed by atoms with van der Waals surface area (Å²) in [6.07, 6.45) is 0. The first-order valence-corrected chi connectivity index (χ1v) is 2.27. The molecular formula is C5H10BN3. The second kappa shape index (κ2) is 2.97. The summed E-state index contributed by atoms with van der Waals surface area (Å²) in [5.74, 6) is 0.926. The Morgan fingerprint density at radius 2 is 1.56 bits per heavy atom. The molecule has 0 bridgehead atoms. The van der Waals surface area contributed by atoms with Gasteiger partial charge in [-0.3, -0.25) is 0 Å². The van der Waals surface area contributed by atoms with Gasteiger partial charge in [0.05, 0.1) is 8.41 Å². The third kappa shape index (κ3) is 2.03. The molecule has 1 aromatic rings. The van der Waals surface area contributed by atoms with Crippen LogP contribution in [0.2, 0.25) is 0 Å². The highest BCUT2D eigenvalue weighted by molar-refractivity contribution is 5.75. The largest absolute Gasteiger partial charge is 0.384 e. The van der Waals surface area contributed by atoms with Gasteiger partial charge in [-0.2, -0.15) is 0 Å². The van der Waals surface area contributed by atoms with Crippen LogP contribution in [0.15, 0.2) is 18.2 Å². The minimum atomic E-state index is 0. The minimum Gasteiger partial charge on any atom is -0.384 e. The zero-order valence-electron chi connectivity index (χ0n) is 4.33. The highest BCUT2D eigenvalue weighted by atomic mass is 14.9. The van der Waals surface area contributed by atoms with Crippen molar-refractivity contribution < 1.29 is 0 Å². The molecule has 0 saturated carbocycles. The van der Waals surface area contributed by atoms with Gasteiger partial charge in [-0.1, -0.05) is 6.07 Å². The Morgan fingerprint density at radius 1 is 1.11 bits per heavy atom. The van der Waals surface area contributed by atoms with Gasteiger partial charge in [0.25, 0.3) is 0 Å². The van der Waals surface area contributed by atoms with Crippen LogP contribution in [0.4, 0.5) is 11.6 Å². The van der Waals surface area contributed by atoms with Crippen molar-refractivity contribution in [1.82, 2.24) is 4.98 Å². The van der Waals surface area contributed by atoms with Gasteiger partial charge in [-0.15, -0.1) is 0 Å². The first kappa shape index (κ1) is 7.81. The summed E-state index contributed by atoms with van der Waals surface area (Å²) in [6.45, 7) is 0. The highest BCUT2D eigenvalue weighted by Gasteiger charge is 1.83. The maximum atomic E-state index is 5.27. The molecule has 3 nitrogen and oxygen atoms in total. The SMILES string of the molecule is B.Nc1cccc(N)n1. The van der Waals surface area contributed by atoms with Crippen LogP contribution in [0.3, 0.4) is 0 Å². The summed E-state index contributed by atoms with van der Waals surface area (Å²) in [6, 6.07) is 5.14. The Balaban J connectivity index is 0.000000640. The molecule has 0 amide bonds. The summed E-state index contributed by atoms with van der Waals surface area (Å²) in [5.41, 5.74) is 10.5. The Bertz CT molecular complexity index is 172. The maximum Gasteiger partial charge on any atom is 0.125 e. The molecule has 1 aromatic heterocycles. The van der Waals surface area contributed by atoms with Crippen LogP contribution in [0.5, 0.6) is 0 Å². The fraction of sp³-hybridized carbons (Fsp3) is 0. The number of rotatable bonds is 0. The maximum absolute atomic E-state index is 5.27. The van der Waals surface area contributed by atoms with Crippen LogP contribution in [-0.2, 0) is 0 Å². The second-order valence-electron chi connectivity index (χ2n) is 1.49. The van der Waals surface area contributed by atoms with E-state index in [9.17, 15) is 0 Å². The van der Waals surface area contributed by atoms with Gasteiger partial charge >= 0.3 is 0 Å². The van der Waals surface area contributed by atoms with E-state index in [2.05, 4.69) is 4.98 Å². The van der Waals surface area contributed by atoms with E-state index in [1.807, 2.05) is 0 Å². The molecule has 1 heterocycles. The van der Waals surface area contributed by atoms with E-state index in [-0.39, 0.29) is 8.41 Å². The standard InChI is InChI=1S/C5H7N3.BH3/c6-4-2-1-3-5(7)8-4;/h1-3H,(H4,6,7,8);1H3. The first-order chi connectivity index (χ1) is 3.79. The van der Waals surface area contributed by atoms with Crippen molar-refractivity contribution in [1.29, 1.82) is 0 Å². The minimum absolute atomic E-state index is 0. The molecule has 0 radical (unpaired) electrons. The molecule has 0 unspecified atom stereocenters. The molecule has 0 saturated heterocycles. The van der Waals surface area contributed by atoms with E-state index in [0.717, 1.165) is 0 Å². The first-order valence-electron chi connectivity index (χ1n) is 2.27. The summed E-state index contributed by atoms with van der Waals surface area (Å²) in [4.78, 5) is 3.73. The molecule has 0 aromatic carbocycles. The molecule has 0 spiro atoms. The normalized spacial score (nSPS) is 8.00. The van der Waals surface area contributed by atoms with E-state index in [4.69, 9.17) is 11.5 Å². The van der Waals surface area contributed by atoms with Crippen molar-refractivity contribution >= 4 is 20.0 Å². The second-order valence-corrected chi connectivity index (χ2v) is 1.49. The van der Waals surface area contributed by atoms with Crippen molar-refractivity contribution in [3.63, 3.8) is 0 Å². The van der Waals surface area contributed by atoms with Crippen LogP contribution in [0.25, 0.3) is 0 Å². The smallest absolute Gasteiger partial charge is 0.125 e. The molecule has 0 aliphatic carbocycles. The van der Waals surface area contributed by atoms with Crippen LogP contribution in [0, 0.1) is 0 Å². The topological polar surface area (TPSA) is 64.9 Å². The van der Waals surface area contributed by atoms with E-state index >= 15 is 0 Å². The van der Waals surface area contributed by atoms with Crippen LogP contribution in [-0.4, -0.2) is 13.4 Å². The number of pyridine rings is 1. The molecule has 9 heavy (non-hydrogen) atoms.